The minimum absolute atomic E-state index is 0.0960. The lowest BCUT2D eigenvalue weighted by molar-refractivity contribution is 0.475. The van der Waals surface area contributed by atoms with Crippen molar-refractivity contribution >= 4 is 55.5 Å². The molecule has 9 nitrogen and oxygen atoms in total. The van der Waals surface area contributed by atoms with Gasteiger partial charge in [0.25, 0.3) is 5.56 Å². The Morgan fingerprint density at radius 2 is 1.76 bits per heavy atom. The van der Waals surface area contributed by atoms with Gasteiger partial charge in [-0.1, -0.05) is 54.1 Å². The van der Waals surface area contributed by atoms with Gasteiger partial charge in [-0.2, -0.15) is 5.10 Å². The van der Waals surface area contributed by atoms with Gasteiger partial charge in [-0.05, 0) is 41.8 Å². The molecule has 0 unspecified atom stereocenters. The Kier molecular flexibility index (Phi) is 6.05. The molecule has 0 atom stereocenters. The van der Waals surface area contributed by atoms with Gasteiger partial charge in [-0.15, -0.1) is 0 Å². The molecular formula is C27H19BrClN7O2. The van der Waals surface area contributed by atoms with E-state index >= 15 is 0 Å². The molecule has 0 amide bonds. The van der Waals surface area contributed by atoms with Gasteiger partial charge >= 0.3 is 0 Å². The lowest BCUT2D eigenvalue weighted by Gasteiger charge is -2.11. The van der Waals surface area contributed by atoms with Crippen molar-refractivity contribution in [3.05, 3.63) is 105 Å². The minimum Gasteiger partial charge on any atom is -0.508 e. The second kappa shape index (κ2) is 9.55. The molecule has 0 saturated carbocycles. The van der Waals surface area contributed by atoms with E-state index < -0.39 is 0 Å². The van der Waals surface area contributed by atoms with Crippen LogP contribution in [0.4, 0.5) is 5.82 Å². The fourth-order valence-corrected chi connectivity index (χ4v) is 5.12. The highest BCUT2D eigenvalue weighted by Crippen LogP contribution is 2.32. The van der Waals surface area contributed by atoms with Crippen LogP contribution in [-0.2, 0) is 13.0 Å². The van der Waals surface area contributed by atoms with E-state index in [1.54, 1.807) is 22.9 Å². The maximum absolute atomic E-state index is 13.6. The molecule has 0 saturated heterocycles. The molecule has 0 bridgehead atoms. The lowest BCUT2D eigenvalue weighted by atomic mass is 10.0. The Morgan fingerprint density at radius 3 is 2.58 bits per heavy atom. The highest BCUT2D eigenvalue weighted by Gasteiger charge is 2.20. The van der Waals surface area contributed by atoms with Gasteiger partial charge < -0.3 is 10.8 Å². The number of aromatic nitrogens is 6. The van der Waals surface area contributed by atoms with Gasteiger partial charge in [0.05, 0.1) is 32.4 Å². The van der Waals surface area contributed by atoms with E-state index in [1.807, 2.05) is 48.5 Å². The van der Waals surface area contributed by atoms with E-state index in [9.17, 15) is 9.90 Å². The third-order valence-corrected chi connectivity index (χ3v) is 7.41. The summed E-state index contributed by atoms with van der Waals surface area (Å²) in [7, 11) is 0. The summed E-state index contributed by atoms with van der Waals surface area (Å²) in [4.78, 5) is 26.9. The highest BCUT2D eigenvalue weighted by atomic mass is 79.9. The number of benzene rings is 3. The monoisotopic (exact) mass is 587 g/mol. The molecule has 3 aromatic heterocycles. The lowest BCUT2D eigenvalue weighted by Crippen LogP contribution is -2.22. The molecule has 0 radical (unpaired) electrons. The number of fused-ring (bicyclic) bond motifs is 2. The predicted octanol–water partition coefficient (Wildman–Crippen LogP) is 4.94. The molecule has 3 N–H and O–H groups in total. The van der Waals surface area contributed by atoms with Gasteiger partial charge in [0.2, 0.25) is 0 Å². The fourth-order valence-electron chi connectivity index (χ4n) is 4.55. The van der Waals surface area contributed by atoms with Gasteiger partial charge in [-0.3, -0.25) is 4.79 Å². The number of phenolic OH excluding ortho intramolecular Hbond substituents is 1. The zero-order valence-electron chi connectivity index (χ0n) is 19.7. The summed E-state index contributed by atoms with van der Waals surface area (Å²) in [5.74, 6) is 0.770. The summed E-state index contributed by atoms with van der Waals surface area (Å²) >= 11 is 9.79. The summed E-state index contributed by atoms with van der Waals surface area (Å²) in [6, 6.07) is 19.8. The van der Waals surface area contributed by atoms with Crippen LogP contribution in [0.25, 0.3) is 33.2 Å². The molecule has 6 aromatic rings. The van der Waals surface area contributed by atoms with Crippen molar-refractivity contribution in [2.75, 3.05) is 5.73 Å². The first-order chi connectivity index (χ1) is 18.4. The fraction of sp³-hybridized carbons (Fsp3) is 0.0741. The van der Waals surface area contributed by atoms with E-state index in [0.717, 1.165) is 11.1 Å². The number of nitrogens with zero attached hydrogens (tertiary/aromatic N) is 6. The van der Waals surface area contributed by atoms with E-state index in [1.165, 1.54) is 9.92 Å². The standard InChI is InChI=1S/C27H19BrClN7O2/c28-36-21(33-20-10-4-6-16(22(20)27(36)38)11-15-5-1-2-9-19(15)29)13-35-26-23(25(30)31-14-32-26)24(34-35)17-7-3-8-18(37)12-17/h1-10,12,14,37H,11,13H2,(H2,30,31,32). The molecule has 11 heteroatoms. The average molecular weight is 589 g/mol. The topological polar surface area (TPSA) is 125 Å². The van der Waals surface area contributed by atoms with Gasteiger partial charge in [0.15, 0.2) is 5.65 Å². The molecule has 0 aliphatic heterocycles. The Hall–Kier alpha value is -4.28. The Morgan fingerprint density at radius 1 is 0.974 bits per heavy atom. The largest absolute Gasteiger partial charge is 0.508 e. The molecule has 6 rings (SSSR count). The predicted molar refractivity (Wildman–Crippen MR) is 151 cm³/mol. The number of anilines is 1. The first-order valence-corrected chi connectivity index (χ1v) is 12.7. The zero-order chi connectivity index (χ0) is 26.4. The normalized spacial score (nSPS) is 11.4. The zero-order valence-corrected chi connectivity index (χ0v) is 22.1. The van der Waals surface area contributed by atoms with Crippen molar-refractivity contribution in [1.29, 1.82) is 0 Å². The van der Waals surface area contributed by atoms with Crippen molar-refractivity contribution < 1.29 is 5.11 Å². The molecule has 0 spiro atoms. The Bertz CT molecular complexity index is 1920. The van der Waals surface area contributed by atoms with Crippen LogP contribution >= 0.6 is 27.7 Å². The number of nitrogen functional groups attached to an aromatic ring is 1. The number of rotatable bonds is 5. The van der Waals surface area contributed by atoms with E-state index in [-0.39, 0.29) is 23.7 Å². The molecule has 0 aliphatic rings. The van der Waals surface area contributed by atoms with Crippen molar-refractivity contribution in [2.24, 2.45) is 0 Å². The second-order valence-corrected chi connectivity index (χ2v) is 9.82. The summed E-state index contributed by atoms with van der Waals surface area (Å²) in [5.41, 5.74) is 9.91. The third-order valence-electron chi connectivity index (χ3n) is 6.31. The number of nitrogens with two attached hydrogens (primary N) is 1. The first kappa shape index (κ1) is 24.1. The number of hydrogen-bond donors (Lipinski definition) is 2. The number of halogens is 2. The number of phenols is 1. The summed E-state index contributed by atoms with van der Waals surface area (Å²) < 4.78 is 2.96. The molecule has 3 heterocycles. The molecular weight excluding hydrogens is 570 g/mol. The van der Waals surface area contributed by atoms with Crippen LogP contribution in [0, 0.1) is 0 Å². The van der Waals surface area contributed by atoms with Crippen LogP contribution in [0.15, 0.2) is 77.9 Å². The molecule has 188 valence electrons. The summed E-state index contributed by atoms with van der Waals surface area (Å²) in [6.45, 7) is 0.122. The quantitative estimate of drug-likeness (QED) is 0.292. The van der Waals surface area contributed by atoms with Crippen molar-refractivity contribution in [3.8, 4) is 17.0 Å². The first-order valence-electron chi connectivity index (χ1n) is 11.6. The molecule has 38 heavy (non-hydrogen) atoms. The van der Waals surface area contributed by atoms with Crippen LogP contribution < -0.4 is 11.3 Å². The summed E-state index contributed by atoms with van der Waals surface area (Å²) in [6.07, 6.45) is 1.85. The van der Waals surface area contributed by atoms with Crippen LogP contribution in [0.1, 0.15) is 17.0 Å². The van der Waals surface area contributed by atoms with Gasteiger partial charge in [0, 0.05) is 10.6 Å². The third kappa shape index (κ3) is 4.17. The van der Waals surface area contributed by atoms with Gasteiger partial charge in [-0.25, -0.2) is 23.2 Å². The second-order valence-electron chi connectivity index (χ2n) is 8.71. The van der Waals surface area contributed by atoms with Crippen LogP contribution in [0.3, 0.4) is 0 Å². The average Bonchev–Trinajstić information content (AvgIpc) is 3.28. The maximum Gasteiger partial charge on any atom is 0.271 e. The van der Waals surface area contributed by atoms with Crippen LogP contribution in [-0.4, -0.2) is 33.4 Å². The maximum atomic E-state index is 13.6. The molecule has 0 aliphatic carbocycles. The minimum atomic E-state index is -0.244. The smallest absolute Gasteiger partial charge is 0.271 e. The number of aromatic hydroxyl groups is 1. The van der Waals surface area contributed by atoms with Crippen molar-refractivity contribution in [3.63, 3.8) is 0 Å². The van der Waals surface area contributed by atoms with Crippen molar-refractivity contribution in [1.82, 2.24) is 28.3 Å². The number of hydrogen-bond acceptors (Lipinski definition) is 7. The van der Waals surface area contributed by atoms with E-state index in [4.69, 9.17) is 27.4 Å². The highest BCUT2D eigenvalue weighted by molar-refractivity contribution is 9.08. The molecule has 0 fully saturated rings. The van der Waals surface area contributed by atoms with Gasteiger partial charge in [0.1, 0.15) is 36.0 Å². The van der Waals surface area contributed by atoms with Crippen LogP contribution in [0.5, 0.6) is 5.75 Å². The SMILES string of the molecule is Nc1ncnc2c1c(-c1cccc(O)c1)nn2Cc1nc2cccc(Cc3ccccc3Cl)c2c(=O)n1Br. The summed E-state index contributed by atoms with van der Waals surface area (Å²) in [5, 5.41) is 16.4. The van der Waals surface area contributed by atoms with Crippen LogP contribution in [0.2, 0.25) is 5.02 Å². The Balaban J connectivity index is 1.47. The molecule has 3 aromatic carbocycles. The van der Waals surface area contributed by atoms with E-state index in [0.29, 0.717) is 50.5 Å². The van der Waals surface area contributed by atoms with E-state index in [2.05, 4.69) is 26.1 Å². The Labute approximate surface area is 229 Å². The van der Waals surface area contributed by atoms with Crippen molar-refractivity contribution in [2.45, 2.75) is 13.0 Å².